The van der Waals surface area contributed by atoms with Crippen LogP contribution in [-0.2, 0) is 4.79 Å². The van der Waals surface area contributed by atoms with Gasteiger partial charge in [0.15, 0.2) is 0 Å². The molecule has 0 heterocycles. The van der Waals surface area contributed by atoms with Crippen LogP contribution in [0.3, 0.4) is 0 Å². The van der Waals surface area contributed by atoms with Crippen LogP contribution >= 0.6 is 0 Å². The van der Waals surface area contributed by atoms with Crippen LogP contribution in [-0.4, -0.2) is 12.0 Å². The molecule has 1 aliphatic rings. The molecule has 2 heteroatoms. The van der Waals surface area contributed by atoms with E-state index in [-0.39, 0.29) is 11.5 Å². The summed E-state index contributed by atoms with van der Waals surface area (Å²) in [5.41, 5.74) is 1.26. The summed E-state index contributed by atoms with van der Waals surface area (Å²) in [5.74, 6) is 0.442. The van der Waals surface area contributed by atoms with Gasteiger partial charge in [0, 0.05) is 11.8 Å². The zero-order valence-corrected chi connectivity index (χ0v) is 11.9. The molecule has 2 rings (SSSR count). The highest BCUT2D eigenvalue weighted by Crippen LogP contribution is 2.50. The number of carbonyl (C=O) groups is 1. The van der Waals surface area contributed by atoms with Crippen molar-refractivity contribution in [2.75, 3.05) is 0 Å². The van der Waals surface area contributed by atoms with E-state index >= 15 is 0 Å². The molecule has 0 aliphatic heterocycles. The molecule has 2 nitrogen and oxygen atoms in total. The average Bonchev–Trinajstić information content (AvgIpc) is 3.24. The Morgan fingerprint density at radius 3 is 2.63 bits per heavy atom. The first-order chi connectivity index (χ1) is 9.18. The van der Waals surface area contributed by atoms with Crippen LogP contribution in [0.25, 0.3) is 0 Å². The van der Waals surface area contributed by atoms with E-state index in [0.29, 0.717) is 12.2 Å². The largest absolute Gasteiger partial charge is 0.299 e. The second-order valence-corrected chi connectivity index (χ2v) is 5.51. The molecule has 19 heavy (non-hydrogen) atoms. The minimum atomic E-state index is 0.0246. The van der Waals surface area contributed by atoms with Crippen LogP contribution in [0.5, 0.6) is 0 Å². The van der Waals surface area contributed by atoms with E-state index in [9.17, 15) is 4.79 Å². The fourth-order valence-corrected chi connectivity index (χ4v) is 2.59. The summed E-state index contributed by atoms with van der Waals surface area (Å²) < 4.78 is 0. The Morgan fingerprint density at radius 2 is 2.05 bits per heavy atom. The van der Waals surface area contributed by atoms with Gasteiger partial charge in [-0.25, -0.2) is 0 Å². The van der Waals surface area contributed by atoms with Gasteiger partial charge in [-0.1, -0.05) is 37.3 Å². The van der Waals surface area contributed by atoms with Gasteiger partial charge >= 0.3 is 0 Å². The average molecular weight is 257 g/mol. The highest BCUT2D eigenvalue weighted by atomic mass is 16.1. The van der Waals surface area contributed by atoms with Crippen LogP contribution < -0.4 is 0 Å². The molecule has 0 radical (unpaired) electrons. The van der Waals surface area contributed by atoms with Crippen LogP contribution in [0.2, 0.25) is 0 Å². The number of benzene rings is 1. The molecular weight excluding hydrogens is 234 g/mol. The van der Waals surface area contributed by atoms with Crippen molar-refractivity contribution < 1.29 is 4.79 Å². The molecule has 0 saturated heterocycles. The van der Waals surface area contributed by atoms with Crippen molar-refractivity contribution >= 4 is 12.0 Å². The maximum atomic E-state index is 11.8. The number of hydrogen-bond donors (Lipinski definition) is 0. The minimum Gasteiger partial charge on any atom is -0.299 e. The summed E-state index contributed by atoms with van der Waals surface area (Å²) in [6.45, 7) is 4.07. The van der Waals surface area contributed by atoms with E-state index < -0.39 is 0 Å². The Labute approximate surface area is 115 Å². The lowest BCUT2D eigenvalue weighted by Gasteiger charge is -2.11. The monoisotopic (exact) mass is 257 g/mol. The first kappa shape index (κ1) is 14.0. The van der Waals surface area contributed by atoms with Crippen molar-refractivity contribution in [2.24, 2.45) is 10.4 Å². The first-order valence-electron chi connectivity index (χ1n) is 7.28. The van der Waals surface area contributed by atoms with Crippen molar-refractivity contribution in [3.8, 4) is 0 Å². The number of aliphatic imine (C=N–C) groups is 1. The third kappa shape index (κ3) is 3.52. The fraction of sp³-hybridized carbons (Fsp3) is 0.529. The summed E-state index contributed by atoms with van der Waals surface area (Å²) in [5, 5.41) is 0. The lowest BCUT2D eigenvalue weighted by Crippen LogP contribution is -2.14. The summed E-state index contributed by atoms with van der Waals surface area (Å²) in [6.07, 6.45) is 6.75. The molecular formula is C17H23NO. The second-order valence-electron chi connectivity index (χ2n) is 5.51. The normalized spacial score (nSPS) is 18.4. The molecule has 0 bridgehead atoms. The summed E-state index contributed by atoms with van der Waals surface area (Å²) in [6, 6.07) is 10.5. The van der Waals surface area contributed by atoms with E-state index in [1.54, 1.807) is 0 Å². The van der Waals surface area contributed by atoms with Crippen molar-refractivity contribution in [3.05, 3.63) is 35.9 Å². The van der Waals surface area contributed by atoms with Crippen molar-refractivity contribution in [1.29, 1.82) is 0 Å². The molecule has 1 saturated carbocycles. The van der Waals surface area contributed by atoms with Gasteiger partial charge in [-0.05, 0) is 44.4 Å². The van der Waals surface area contributed by atoms with Gasteiger partial charge in [-0.15, -0.1) is 0 Å². The third-order valence-electron chi connectivity index (χ3n) is 4.13. The van der Waals surface area contributed by atoms with Gasteiger partial charge in [-0.2, -0.15) is 0 Å². The van der Waals surface area contributed by atoms with Gasteiger partial charge in [0.1, 0.15) is 5.78 Å². The number of rotatable bonds is 7. The Morgan fingerprint density at radius 1 is 1.37 bits per heavy atom. The Balaban J connectivity index is 1.80. The molecule has 1 atom stereocenters. The number of carbonyl (C=O) groups excluding carboxylic acids is 1. The van der Waals surface area contributed by atoms with Gasteiger partial charge in [0.05, 0.1) is 6.04 Å². The predicted molar refractivity (Wildman–Crippen MR) is 79.5 cm³/mol. The van der Waals surface area contributed by atoms with E-state index in [1.165, 1.54) is 5.56 Å². The van der Waals surface area contributed by atoms with Crippen LogP contribution in [0, 0.1) is 5.41 Å². The maximum Gasteiger partial charge on any atom is 0.138 e. The Bertz CT molecular complexity index is 446. The lowest BCUT2D eigenvalue weighted by molar-refractivity contribution is -0.124. The van der Waals surface area contributed by atoms with E-state index in [2.05, 4.69) is 24.0 Å². The predicted octanol–water partition coefficient (Wildman–Crippen LogP) is 4.36. The van der Waals surface area contributed by atoms with Crippen LogP contribution in [0.1, 0.15) is 57.6 Å². The van der Waals surface area contributed by atoms with E-state index in [4.69, 9.17) is 0 Å². The summed E-state index contributed by atoms with van der Waals surface area (Å²) in [4.78, 5) is 16.4. The van der Waals surface area contributed by atoms with Gasteiger partial charge in [0.25, 0.3) is 0 Å². The summed E-state index contributed by atoms with van der Waals surface area (Å²) in [7, 11) is 0. The van der Waals surface area contributed by atoms with Crippen LogP contribution in [0.15, 0.2) is 35.3 Å². The highest BCUT2D eigenvalue weighted by molar-refractivity contribution is 5.87. The minimum absolute atomic E-state index is 0.0246. The zero-order chi connectivity index (χ0) is 13.7. The number of nitrogens with zero attached hydrogens (tertiary/aromatic N) is 1. The van der Waals surface area contributed by atoms with Crippen LogP contribution in [0.4, 0.5) is 0 Å². The Kier molecular flexibility index (Phi) is 4.52. The number of Topliss-reactive ketones (excluding diaryl/α,β-unsaturated/α-hetero) is 1. The molecule has 0 spiro atoms. The standard InChI is InChI=1S/C17H23NO/c1-3-16(19)17(11-12-17)10-7-13-18-14(2)15-8-5-4-6-9-15/h4-6,8-9,13-14H,3,7,10-12H2,1-2H3/t14-/m0/s1. The molecule has 1 aromatic rings. The number of ketones is 1. The maximum absolute atomic E-state index is 11.8. The molecule has 0 aromatic heterocycles. The highest BCUT2D eigenvalue weighted by Gasteiger charge is 2.47. The zero-order valence-electron chi connectivity index (χ0n) is 11.9. The molecule has 0 amide bonds. The topological polar surface area (TPSA) is 29.4 Å². The summed E-state index contributed by atoms with van der Waals surface area (Å²) >= 11 is 0. The second kappa shape index (κ2) is 6.14. The molecule has 1 aromatic carbocycles. The van der Waals surface area contributed by atoms with Crippen molar-refractivity contribution in [3.63, 3.8) is 0 Å². The van der Waals surface area contributed by atoms with Crippen molar-refractivity contribution in [2.45, 2.75) is 52.0 Å². The third-order valence-corrected chi connectivity index (χ3v) is 4.13. The fourth-order valence-electron chi connectivity index (χ4n) is 2.59. The van der Waals surface area contributed by atoms with Gasteiger partial charge in [-0.3, -0.25) is 9.79 Å². The smallest absolute Gasteiger partial charge is 0.138 e. The van der Waals surface area contributed by atoms with Crippen molar-refractivity contribution in [1.82, 2.24) is 0 Å². The molecule has 102 valence electrons. The van der Waals surface area contributed by atoms with Gasteiger partial charge in [0.2, 0.25) is 0 Å². The van der Waals surface area contributed by atoms with Gasteiger partial charge < -0.3 is 0 Å². The number of hydrogen-bond acceptors (Lipinski definition) is 2. The van der Waals surface area contributed by atoms with E-state index in [1.807, 2.05) is 31.3 Å². The molecule has 0 unspecified atom stereocenters. The van der Waals surface area contributed by atoms with E-state index in [0.717, 1.165) is 25.7 Å². The lowest BCUT2D eigenvalue weighted by atomic mass is 9.93. The quantitative estimate of drug-likeness (QED) is 0.667. The SMILES string of the molecule is CCC(=O)C1(CCC=N[C@@H](C)c2ccccc2)CC1. The first-order valence-corrected chi connectivity index (χ1v) is 7.28. The Hall–Kier alpha value is -1.44. The molecule has 0 N–H and O–H groups in total. The molecule has 1 fully saturated rings. The molecule has 1 aliphatic carbocycles.